The van der Waals surface area contributed by atoms with Gasteiger partial charge in [-0.05, 0) is 87.1 Å². The van der Waals surface area contributed by atoms with E-state index in [0.29, 0.717) is 31.8 Å². The van der Waals surface area contributed by atoms with Crippen LogP contribution in [0, 0.1) is 34.0 Å². The third-order valence-corrected chi connectivity index (χ3v) is 12.0. The van der Waals surface area contributed by atoms with Gasteiger partial charge >= 0.3 is 0 Å². The summed E-state index contributed by atoms with van der Waals surface area (Å²) in [7, 11) is -2.19. The quantitative estimate of drug-likeness (QED) is 0.173. The number of hydrogen-bond acceptors (Lipinski definition) is 6. The first-order chi connectivity index (χ1) is 18.2. The van der Waals surface area contributed by atoms with Gasteiger partial charge in [0.05, 0.1) is 0 Å². The molecule has 4 rings (SSSR count). The summed E-state index contributed by atoms with van der Waals surface area (Å²) in [5.74, 6) is 0.715. The molecule has 0 radical (unpaired) electrons. The van der Waals surface area contributed by atoms with Gasteiger partial charge in [0.2, 0.25) is 0 Å². The molecule has 1 saturated heterocycles. The van der Waals surface area contributed by atoms with E-state index >= 15 is 0 Å². The highest BCUT2D eigenvalue weighted by atomic mass is 35.5. The molecule has 0 aromatic carbocycles. The van der Waals surface area contributed by atoms with E-state index in [-0.39, 0.29) is 34.7 Å². The Morgan fingerprint density at radius 2 is 1.84 bits per heavy atom. The molecule has 0 amide bonds. The third kappa shape index (κ3) is 6.81. The van der Waals surface area contributed by atoms with Crippen LogP contribution in [0.3, 0.4) is 0 Å². The molecule has 7 nitrogen and oxygen atoms in total. The van der Waals surface area contributed by atoms with Gasteiger partial charge in [0.1, 0.15) is 6.17 Å². The van der Waals surface area contributed by atoms with Gasteiger partial charge in [-0.1, -0.05) is 32.1 Å². The molecule has 0 spiro atoms. The normalized spacial score (nSPS) is 37.9. The van der Waals surface area contributed by atoms with Crippen LogP contribution >= 0.6 is 11.6 Å². The minimum atomic E-state index is -3.87. The van der Waals surface area contributed by atoms with E-state index < -0.39 is 21.2 Å². The Balaban J connectivity index is 1.53. The maximum atomic E-state index is 13.7. The van der Waals surface area contributed by atoms with Crippen LogP contribution in [0.25, 0.3) is 0 Å². The highest BCUT2D eigenvalue weighted by molar-refractivity contribution is 8.04. The van der Waals surface area contributed by atoms with Crippen molar-refractivity contribution in [3.63, 3.8) is 0 Å². The van der Waals surface area contributed by atoms with Crippen LogP contribution in [0.2, 0.25) is 0 Å². The molecule has 4 fully saturated rings. The predicted octanol–water partition coefficient (Wildman–Crippen LogP) is 5.21. The number of nitrogens with one attached hydrogen (secondary N) is 4. The lowest BCUT2D eigenvalue weighted by atomic mass is 9.60. The summed E-state index contributed by atoms with van der Waals surface area (Å²) in [4.78, 5) is 0. The van der Waals surface area contributed by atoms with Crippen molar-refractivity contribution in [2.75, 3.05) is 20.1 Å². The molecule has 4 aliphatic rings. The predicted molar refractivity (Wildman–Crippen MR) is 153 cm³/mol. The van der Waals surface area contributed by atoms with Crippen LogP contribution in [-0.2, 0) is 10.0 Å². The topological polar surface area (TPSA) is 109 Å². The van der Waals surface area contributed by atoms with E-state index in [1.165, 1.54) is 48.7 Å². The molecule has 0 aromatic rings. The van der Waals surface area contributed by atoms with Crippen molar-refractivity contribution in [1.82, 2.24) is 14.9 Å². The SMILES string of the molecule is CN/C=C\C(=N)S(=O)(=O)N1CCC(CC2CCCCC2)(C2CC(C=N)C(NC3CCC(F)CC3)CC2Cl)C1. The van der Waals surface area contributed by atoms with Crippen molar-refractivity contribution in [1.29, 1.82) is 10.8 Å². The fraction of sp³-hybridized carbons (Fsp3) is 0.857. The number of hydrogen-bond donors (Lipinski definition) is 4. The summed E-state index contributed by atoms with van der Waals surface area (Å²) in [6.07, 6.45) is 15.8. The molecule has 5 unspecified atom stereocenters. The van der Waals surface area contributed by atoms with Gasteiger partial charge in [-0.15, -0.1) is 11.6 Å². The van der Waals surface area contributed by atoms with E-state index in [4.69, 9.17) is 22.4 Å². The number of halogens is 2. The monoisotopic (exact) mass is 571 g/mol. The maximum absolute atomic E-state index is 13.7. The second-order valence-electron chi connectivity index (χ2n) is 12.3. The molecule has 0 bridgehead atoms. The van der Waals surface area contributed by atoms with Gasteiger partial charge in [0.15, 0.2) is 5.04 Å². The molecular weight excluding hydrogens is 525 g/mol. The molecule has 0 aromatic heterocycles. The third-order valence-electron chi connectivity index (χ3n) is 9.86. The summed E-state index contributed by atoms with van der Waals surface area (Å²) in [6.45, 7) is 0.813. The Morgan fingerprint density at radius 1 is 1.13 bits per heavy atom. The lowest BCUT2D eigenvalue weighted by Gasteiger charge is -2.49. The van der Waals surface area contributed by atoms with Crippen molar-refractivity contribution in [3.8, 4) is 0 Å². The molecule has 38 heavy (non-hydrogen) atoms. The fourth-order valence-electron chi connectivity index (χ4n) is 7.75. The first kappa shape index (κ1) is 29.9. The van der Waals surface area contributed by atoms with Gasteiger partial charge in [0, 0.05) is 43.5 Å². The van der Waals surface area contributed by atoms with Crippen LogP contribution in [0.15, 0.2) is 12.3 Å². The van der Waals surface area contributed by atoms with Crippen molar-refractivity contribution >= 4 is 32.9 Å². The van der Waals surface area contributed by atoms with Gasteiger partial charge in [0.25, 0.3) is 10.0 Å². The van der Waals surface area contributed by atoms with E-state index in [9.17, 15) is 12.8 Å². The highest BCUT2D eigenvalue weighted by Gasteiger charge is 2.53. The zero-order valence-corrected chi connectivity index (χ0v) is 24.4. The van der Waals surface area contributed by atoms with E-state index in [1.54, 1.807) is 13.3 Å². The Kier molecular flexibility index (Phi) is 10.3. The minimum Gasteiger partial charge on any atom is -0.394 e. The van der Waals surface area contributed by atoms with Crippen molar-refractivity contribution in [2.45, 2.75) is 107 Å². The molecule has 5 atom stereocenters. The second kappa shape index (κ2) is 13.1. The standard InChI is InChI=1S/C28H47ClFN5O2S/c1-33-13-11-27(32)38(36,37)35-14-12-28(19-35,17-20-5-3-2-4-6-20)24-15-21(18-31)26(16-25(24)29)34-23-9-7-22(30)8-10-23/h11,13,18,20-26,31-34H,2-10,12,14-17,19H2,1H3/b13-11-,31-18?,32-27?. The van der Waals surface area contributed by atoms with E-state index in [2.05, 4.69) is 10.6 Å². The molecular formula is C28H47ClFN5O2S. The van der Waals surface area contributed by atoms with Crippen molar-refractivity contribution < 1.29 is 12.8 Å². The number of rotatable bonds is 9. The Hall–Kier alpha value is -1.03. The van der Waals surface area contributed by atoms with Crippen LogP contribution in [0.1, 0.15) is 83.5 Å². The molecule has 216 valence electrons. The first-order valence-corrected chi connectivity index (χ1v) is 16.5. The summed E-state index contributed by atoms with van der Waals surface area (Å²) in [6, 6.07) is 0.370. The van der Waals surface area contributed by atoms with Gasteiger partial charge in [-0.2, -0.15) is 4.31 Å². The molecule has 4 N–H and O–H groups in total. The van der Waals surface area contributed by atoms with Crippen LogP contribution in [0.5, 0.6) is 0 Å². The van der Waals surface area contributed by atoms with Gasteiger partial charge in [-0.3, -0.25) is 5.41 Å². The van der Waals surface area contributed by atoms with Crippen molar-refractivity contribution in [3.05, 3.63) is 12.3 Å². The summed E-state index contributed by atoms with van der Waals surface area (Å²) in [5.41, 5.74) is -0.243. The largest absolute Gasteiger partial charge is 0.394 e. The lowest BCUT2D eigenvalue weighted by molar-refractivity contribution is 0.0680. The number of nitrogens with zero attached hydrogens (tertiary/aromatic N) is 1. The van der Waals surface area contributed by atoms with E-state index in [0.717, 1.165) is 38.5 Å². The van der Waals surface area contributed by atoms with Gasteiger partial charge in [-0.25, -0.2) is 12.8 Å². The van der Waals surface area contributed by atoms with Crippen LogP contribution in [0.4, 0.5) is 4.39 Å². The number of alkyl halides is 2. The average Bonchev–Trinajstić information content (AvgIpc) is 3.34. The van der Waals surface area contributed by atoms with Crippen LogP contribution < -0.4 is 10.6 Å². The molecule has 1 aliphatic heterocycles. The van der Waals surface area contributed by atoms with Gasteiger partial charge < -0.3 is 16.0 Å². The van der Waals surface area contributed by atoms with Crippen molar-refractivity contribution in [2.24, 2.45) is 23.2 Å². The van der Waals surface area contributed by atoms with Crippen LogP contribution in [-0.4, -0.2) is 67.8 Å². The first-order valence-electron chi connectivity index (χ1n) is 14.7. The molecule has 3 aliphatic carbocycles. The Labute approximate surface area is 233 Å². The summed E-state index contributed by atoms with van der Waals surface area (Å²) >= 11 is 7.22. The average molecular weight is 572 g/mol. The summed E-state index contributed by atoms with van der Waals surface area (Å²) in [5, 5.41) is 22.5. The second-order valence-corrected chi connectivity index (χ2v) is 14.8. The Morgan fingerprint density at radius 3 is 2.50 bits per heavy atom. The van der Waals surface area contributed by atoms with E-state index in [1.807, 2.05) is 0 Å². The highest BCUT2D eigenvalue weighted by Crippen LogP contribution is 2.53. The zero-order valence-electron chi connectivity index (χ0n) is 22.8. The fourth-order valence-corrected chi connectivity index (χ4v) is 9.59. The maximum Gasteiger partial charge on any atom is 0.259 e. The molecule has 3 saturated carbocycles. The zero-order chi connectivity index (χ0) is 27.3. The summed E-state index contributed by atoms with van der Waals surface area (Å²) < 4.78 is 41.8. The number of sulfonamides is 1. The smallest absolute Gasteiger partial charge is 0.259 e. The Bertz CT molecular complexity index is 951. The molecule has 10 heteroatoms. The molecule has 1 heterocycles. The minimum absolute atomic E-state index is 0.0313. The lowest BCUT2D eigenvalue weighted by Crippen LogP contribution is -2.53.